The standard InChI is InChI=1S/C17H18ClFN2O2S.ClH/c18-15-4-1-3-14(11-15)13-20-7-9-21(10-8-20)24(22,23)17-6-2-5-16(19)12-17;/h1-6,11-12H,7-10,13H2;1H. The average molecular weight is 405 g/mol. The molecule has 0 saturated carbocycles. The summed E-state index contributed by atoms with van der Waals surface area (Å²) in [4.78, 5) is 2.19. The minimum atomic E-state index is -3.64. The number of halogens is 3. The molecule has 3 rings (SSSR count). The minimum Gasteiger partial charge on any atom is -0.296 e. The summed E-state index contributed by atoms with van der Waals surface area (Å²) in [6.45, 7) is 2.76. The number of rotatable bonds is 4. The molecule has 0 spiro atoms. The Morgan fingerprint density at radius 1 is 1.00 bits per heavy atom. The summed E-state index contributed by atoms with van der Waals surface area (Å²) in [5.74, 6) is -0.546. The van der Waals surface area contributed by atoms with Crippen molar-refractivity contribution in [2.75, 3.05) is 26.2 Å². The molecule has 1 saturated heterocycles. The summed E-state index contributed by atoms with van der Waals surface area (Å²) in [7, 11) is -3.64. The Kier molecular flexibility index (Phi) is 6.82. The fourth-order valence-electron chi connectivity index (χ4n) is 2.80. The van der Waals surface area contributed by atoms with E-state index in [4.69, 9.17) is 11.6 Å². The van der Waals surface area contributed by atoms with Crippen LogP contribution in [-0.2, 0) is 16.6 Å². The monoisotopic (exact) mass is 404 g/mol. The van der Waals surface area contributed by atoms with Crippen molar-refractivity contribution in [1.29, 1.82) is 0 Å². The van der Waals surface area contributed by atoms with E-state index in [0.717, 1.165) is 18.2 Å². The topological polar surface area (TPSA) is 40.6 Å². The van der Waals surface area contributed by atoms with Gasteiger partial charge in [-0.1, -0.05) is 29.8 Å². The maximum atomic E-state index is 13.3. The molecule has 0 amide bonds. The molecule has 25 heavy (non-hydrogen) atoms. The van der Waals surface area contributed by atoms with Crippen LogP contribution in [0.2, 0.25) is 5.02 Å². The van der Waals surface area contributed by atoms with Crippen LogP contribution < -0.4 is 0 Å². The van der Waals surface area contributed by atoms with Gasteiger partial charge in [-0.2, -0.15) is 4.31 Å². The van der Waals surface area contributed by atoms with E-state index in [-0.39, 0.29) is 17.3 Å². The molecule has 2 aromatic rings. The Morgan fingerprint density at radius 2 is 1.68 bits per heavy atom. The van der Waals surface area contributed by atoms with E-state index >= 15 is 0 Å². The average Bonchev–Trinajstić information content (AvgIpc) is 2.55. The molecule has 0 aliphatic carbocycles. The van der Waals surface area contributed by atoms with Crippen molar-refractivity contribution in [1.82, 2.24) is 9.21 Å². The highest BCUT2D eigenvalue weighted by atomic mass is 35.5. The van der Waals surface area contributed by atoms with Crippen molar-refractivity contribution >= 4 is 34.0 Å². The van der Waals surface area contributed by atoms with Crippen LogP contribution in [0.25, 0.3) is 0 Å². The van der Waals surface area contributed by atoms with E-state index < -0.39 is 15.8 Å². The molecule has 0 N–H and O–H groups in total. The van der Waals surface area contributed by atoms with Crippen molar-refractivity contribution in [2.24, 2.45) is 0 Å². The first kappa shape index (κ1) is 20.1. The van der Waals surface area contributed by atoms with Crippen LogP contribution in [-0.4, -0.2) is 43.8 Å². The number of benzene rings is 2. The quantitative estimate of drug-likeness (QED) is 0.783. The third-order valence-corrected chi connectivity index (χ3v) is 6.19. The van der Waals surface area contributed by atoms with Gasteiger partial charge in [0.1, 0.15) is 5.82 Å². The van der Waals surface area contributed by atoms with Gasteiger partial charge in [-0.3, -0.25) is 4.90 Å². The molecule has 0 aromatic heterocycles. The lowest BCUT2D eigenvalue weighted by molar-refractivity contribution is 0.181. The predicted octanol–water partition coefficient (Wildman–Crippen LogP) is 3.41. The van der Waals surface area contributed by atoms with Crippen LogP contribution in [0.4, 0.5) is 4.39 Å². The van der Waals surface area contributed by atoms with Crippen molar-refractivity contribution in [2.45, 2.75) is 11.4 Å². The molecule has 1 aliphatic rings. The fraction of sp³-hybridized carbons (Fsp3) is 0.294. The number of hydrogen-bond acceptors (Lipinski definition) is 3. The first-order valence-corrected chi connectivity index (χ1v) is 9.49. The van der Waals surface area contributed by atoms with Crippen molar-refractivity contribution in [3.05, 3.63) is 64.9 Å². The SMILES string of the molecule is Cl.O=S(=O)(c1cccc(F)c1)N1CCN(Cc2cccc(Cl)c2)CC1. The highest BCUT2D eigenvalue weighted by Gasteiger charge is 2.28. The highest BCUT2D eigenvalue weighted by molar-refractivity contribution is 7.89. The molecule has 1 fully saturated rings. The maximum absolute atomic E-state index is 13.3. The molecule has 1 heterocycles. The molecule has 8 heteroatoms. The van der Waals surface area contributed by atoms with E-state index in [1.54, 1.807) is 0 Å². The van der Waals surface area contributed by atoms with Crippen molar-refractivity contribution in [3.63, 3.8) is 0 Å². The van der Waals surface area contributed by atoms with E-state index in [9.17, 15) is 12.8 Å². The van der Waals surface area contributed by atoms with Gasteiger partial charge in [0.25, 0.3) is 0 Å². The summed E-state index contributed by atoms with van der Waals surface area (Å²) in [5, 5.41) is 0.694. The van der Waals surface area contributed by atoms with E-state index in [1.807, 2.05) is 24.3 Å². The van der Waals surface area contributed by atoms with Gasteiger partial charge in [0, 0.05) is 37.7 Å². The Labute approximate surface area is 158 Å². The van der Waals surface area contributed by atoms with E-state index in [2.05, 4.69) is 4.90 Å². The third kappa shape index (κ3) is 4.92. The predicted molar refractivity (Wildman–Crippen MR) is 99.1 cm³/mol. The highest BCUT2D eigenvalue weighted by Crippen LogP contribution is 2.20. The van der Waals surface area contributed by atoms with Gasteiger partial charge in [0.2, 0.25) is 10.0 Å². The maximum Gasteiger partial charge on any atom is 0.243 e. The van der Waals surface area contributed by atoms with Crippen molar-refractivity contribution in [3.8, 4) is 0 Å². The van der Waals surface area contributed by atoms with E-state index in [0.29, 0.717) is 31.2 Å². The summed E-state index contributed by atoms with van der Waals surface area (Å²) in [6, 6.07) is 12.8. The second-order valence-electron chi connectivity index (χ2n) is 5.77. The molecule has 136 valence electrons. The van der Waals surface area contributed by atoms with E-state index in [1.165, 1.54) is 22.5 Å². The summed E-state index contributed by atoms with van der Waals surface area (Å²) < 4.78 is 39.9. The lowest BCUT2D eigenvalue weighted by Gasteiger charge is -2.34. The lowest BCUT2D eigenvalue weighted by Crippen LogP contribution is -2.48. The normalized spacial score (nSPS) is 16.4. The lowest BCUT2D eigenvalue weighted by atomic mass is 10.2. The smallest absolute Gasteiger partial charge is 0.243 e. The number of sulfonamides is 1. The summed E-state index contributed by atoms with van der Waals surface area (Å²) in [5.41, 5.74) is 1.10. The largest absolute Gasteiger partial charge is 0.296 e. The number of nitrogens with zero attached hydrogens (tertiary/aromatic N) is 2. The van der Waals surface area contributed by atoms with Gasteiger partial charge >= 0.3 is 0 Å². The fourth-order valence-corrected chi connectivity index (χ4v) is 4.47. The van der Waals surface area contributed by atoms with Crippen LogP contribution >= 0.6 is 24.0 Å². The Hall–Kier alpha value is -1.18. The van der Waals surface area contributed by atoms with Crippen LogP contribution in [0.5, 0.6) is 0 Å². The molecular weight excluding hydrogens is 386 g/mol. The van der Waals surface area contributed by atoms with Gasteiger partial charge in [0.15, 0.2) is 0 Å². The Bertz CT molecular complexity index is 825. The molecular formula is C17H19Cl2FN2O2S. The number of piperazine rings is 1. The second kappa shape index (κ2) is 8.47. The zero-order valence-electron chi connectivity index (χ0n) is 13.4. The summed E-state index contributed by atoms with van der Waals surface area (Å²) >= 11 is 5.99. The second-order valence-corrected chi connectivity index (χ2v) is 8.14. The molecule has 1 aliphatic heterocycles. The molecule has 2 aromatic carbocycles. The van der Waals surface area contributed by atoms with Gasteiger partial charge < -0.3 is 0 Å². The first-order chi connectivity index (χ1) is 11.4. The van der Waals surface area contributed by atoms with Gasteiger partial charge in [-0.25, -0.2) is 12.8 Å². The molecule has 0 bridgehead atoms. The molecule has 0 atom stereocenters. The molecule has 0 unspecified atom stereocenters. The van der Waals surface area contributed by atoms with Crippen LogP contribution in [0.3, 0.4) is 0 Å². The first-order valence-electron chi connectivity index (χ1n) is 7.68. The minimum absolute atomic E-state index is 0. The van der Waals surface area contributed by atoms with Crippen LogP contribution in [0.15, 0.2) is 53.4 Å². The van der Waals surface area contributed by atoms with Crippen LogP contribution in [0.1, 0.15) is 5.56 Å². The molecule has 4 nitrogen and oxygen atoms in total. The van der Waals surface area contributed by atoms with Gasteiger partial charge in [-0.05, 0) is 35.9 Å². The van der Waals surface area contributed by atoms with Gasteiger partial charge in [-0.15, -0.1) is 12.4 Å². The Balaban J connectivity index is 0.00000225. The third-order valence-electron chi connectivity index (χ3n) is 4.06. The summed E-state index contributed by atoms with van der Waals surface area (Å²) in [6.07, 6.45) is 0. The number of hydrogen-bond donors (Lipinski definition) is 0. The van der Waals surface area contributed by atoms with Crippen molar-refractivity contribution < 1.29 is 12.8 Å². The zero-order chi connectivity index (χ0) is 17.2. The van der Waals surface area contributed by atoms with Crippen LogP contribution in [0, 0.1) is 5.82 Å². The molecule has 0 radical (unpaired) electrons. The van der Waals surface area contributed by atoms with Gasteiger partial charge in [0.05, 0.1) is 4.90 Å². The zero-order valence-corrected chi connectivity index (χ0v) is 15.8. The Morgan fingerprint density at radius 3 is 2.32 bits per heavy atom.